The fourth-order valence-corrected chi connectivity index (χ4v) is 11.8. The molecule has 0 aliphatic carbocycles. The van der Waals surface area contributed by atoms with Crippen LogP contribution in [0.4, 0.5) is 4.79 Å². The van der Waals surface area contributed by atoms with Gasteiger partial charge >= 0.3 is 23.5 Å². The summed E-state index contributed by atoms with van der Waals surface area (Å²) in [7, 11) is -8.59. The number of alkyl carbamates (subject to hydrolysis) is 1. The van der Waals surface area contributed by atoms with Gasteiger partial charge in [-0.15, -0.1) is 0 Å². The third-order valence-electron chi connectivity index (χ3n) is 1.75. The monoisotopic (exact) mass is 343 g/mol. The Morgan fingerprint density at radius 3 is 2.10 bits per heavy atom. The van der Waals surface area contributed by atoms with Gasteiger partial charge in [0.25, 0.3) is 0 Å². The molecule has 0 radical (unpaired) electrons. The maximum absolute atomic E-state index is 11.1. The molecule has 0 aromatic carbocycles. The number of carbonyl (C=O) groups excluding carboxylic acids is 1. The van der Waals surface area contributed by atoms with E-state index >= 15 is 0 Å². The minimum absolute atomic E-state index is 0.156. The number of aliphatic hydroxyl groups excluding tert-OH is 1. The molecule has 0 saturated carbocycles. The maximum Gasteiger partial charge on any atom is 0.506 e. The number of rotatable bonds is 8. The highest BCUT2D eigenvalue weighted by molar-refractivity contribution is 6.84. The summed E-state index contributed by atoms with van der Waals surface area (Å²) in [5.74, 6) is 0. The Kier molecular flexibility index (Phi) is 7.54. The van der Waals surface area contributed by atoms with Gasteiger partial charge in [-0.05, 0) is 32.7 Å². The first-order chi connectivity index (χ1) is 8.87. The first-order valence-electron chi connectivity index (χ1n) is 6.23. The molecular weight excluding hydrogens is 318 g/mol. The van der Waals surface area contributed by atoms with Crippen LogP contribution in [0, 0.1) is 0 Å². The summed E-state index contributed by atoms with van der Waals surface area (Å²) in [5.41, 5.74) is 0. The zero-order valence-corrected chi connectivity index (χ0v) is 15.6. The molecule has 0 spiro atoms. The van der Waals surface area contributed by atoms with Crippen LogP contribution in [0.25, 0.3) is 0 Å². The molecule has 0 bridgehead atoms. The lowest BCUT2D eigenvalue weighted by Gasteiger charge is -2.34. The maximum atomic E-state index is 11.1. The van der Waals surface area contributed by atoms with Crippen molar-refractivity contribution >= 4 is 31.8 Å². The summed E-state index contributed by atoms with van der Waals surface area (Å²) in [6.07, 6.45) is -1.27. The second kappa shape index (κ2) is 7.65. The van der Waals surface area contributed by atoms with Crippen molar-refractivity contribution < 1.29 is 32.5 Å². The van der Waals surface area contributed by atoms with Crippen molar-refractivity contribution in [2.24, 2.45) is 0 Å². The van der Waals surface area contributed by atoms with E-state index in [9.17, 15) is 14.4 Å². The smallest absolute Gasteiger partial charge is 0.447 e. The van der Waals surface area contributed by atoms with Crippen LogP contribution >= 0.6 is 0 Å². The van der Waals surface area contributed by atoms with Crippen molar-refractivity contribution in [1.29, 1.82) is 0 Å². The van der Waals surface area contributed by atoms with Crippen LogP contribution < -0.4 is 5.32 Å². The van der Waals surface area contributed by atoms with Gasteiger partial charge < -0.3 is 33.0 Å². The molecular formula is C9H25NO7Si3. The second-order valence-corrected chi connectivity index (χ2v) is 16.2. The molecule has 0 aromatic heterocycles. The average Bonchev–Trinajstić information content (AvgIpc) is 2.18. The number of nitrogens with one attached hydrogen (secondary N) is 1. The van der Waals surface area contributed by atoms with E-state index in [1.54, 1.807) is 13.1 Å². The molecule has 11 heteroatoms. The van der Waals surface area contributed by atoms with E-state index in [1.807, 2.05) is 19.6 Å². The van der Waals surface area contributed by atoms with Gasteiger partial charge in [0.1, 0.15) is 6.61 Å². The van der Waals surface area contributed by atoms with E-state index in [-0.39, 0.29) is 13.2 Å². The quantitative estimate of drug-likeness (QED) is 0.448. The topological polar surface area (TPSA) is 117 Å². The fourth-order valence-electron chi connectivity index (χ4n) is 1.56. The summed E-state index contributed by atoms with van der Waals surface area (Å²) in [4.78, 5) is 30.8. The molecule has 0 atom stereocenters. The Morgan fingerprint density at radius 2 is 1.65 bits per heavy atom. The third-order valence-corrected chi connectivity index (χ3v) is 10.1. The Labute approximate surface area is 122 Å². The number of carbonyl (C=O) groups is 1. The highest BCUT2D eigenvalue weighted by Crippen LogP contribution is 2.17. The van der Waals surface area contributed by atoms with Crippen LogP contribution in [0.1, 0.15) is 0 Å². The standard InChI is InChI=1S/C9H25NO7Si3/c1-18(2,3)16-19(4,5)17-20(13,14)8-10-9(12)15-7-6-11/h11,13-14H,6-8H2,1-5H3,(H,10,12). The molecule has 8 nitrogen and oxygen atoms in total. The average molecular weight is 344 g/mol. The zero-order chi connectivity index (χ0) is 16.0. The van der Waals surface area contributed by atoms with Crippen molar-refractivity contribution in [3.8, 4) is 0 Å². The van der Waals surface area contributed by atoms with Gasteiger partial charge in [0.05, 0.1) is 12.8 Å². The van der Waals surface area contributed by atoms with Crippen LogP contribution in [-0.2, 0) is 13.0 Å². The molecule has 1 amide bonds. The summed E-state index contributed by atoms with van der Waals surface area (Å²) in [5, 5.41) is 10.7. The van der Waals surface area contributed by atoms with Crippen LogP contribution in [-0.4, -0.2) is 65.9 Å². The van der Waals surface area contributed by atoms with E-state index < -0.39 is 37.9 Å². The molecule has 0 heterocycles. The molecule has 0 rings (SSSR count). The van der Waals surface area contributed by atoms with E-state index in [1.165, 1.54) is 0 Å². The Morgan fingerprint density at radius 1 is 1.10 bits per heavy atom. The summed E-state index contributed by atoms with van der Waals surface area (Å²) in [6.45, 7) is 8.94. The normalized spacial score (nSPS) is 13.2. The highest BCUT2D eigenvalue weighted by atomic mass is 28.5. The summed E-state index contributed by atoms with van der Waals surface area (Å²) in [6, 6.07) is 0. The van der Waals surface area contributed by atoms with Crippen molar-refractivity contribution in [3.05, 3.63) is 0 Å². The molecule has 20 heavy (non-hydrogen) atoms. The van der Waals surface area contributed by atoms with E-state index in [0.717, 1.165) is 0 Å². The van der Waals surface area contributed by atoms with Crippen molar-refractivity contribution in [3.63, 3.8) is 0 Å². The molecule has 0 saturated heterocycles. The van der Waals surface area contributed by atoms with Gasteiger partial charge in [-0.1, -0.05) is 0 Å². The highest BCUT2D eigenvalue weighted by Gasteiger charge is 2.43. The minimum Gasteiger partial charge on any atom is -0.447 e. The lowest BCUT2D eigenvalue weighted by atomic mass is 10.8. The fraction of sp³-hybridized carbons (Fsp3) is 0.889. The SMILES string of the molecule is C[Si](C)(C)O[Si](C)(C)O[Si](O)(O)CNC(=O)OCCO. The van der Waals surface area contributed by atoms with Crippen LogP contribution in [0.2, 0.25) is 32.7 Å². The predicted molar refractivity (Wildman–Crippen MR) is 79.6 cm³/mol. The van der Waals surface area contributed by atoms with Gasteiger partial charge in [-0.25, -0.2) is 4.79 Å². The van der Waals surface area contributed by atoms with Crippen molar-refractivity contribution in [1.82, 2.24) is 5.32 Å². The van der Waals surface area contributed by atoms with E-state index in [0.29, 0.717) is 0 Å². The Balaban J connectivity index is 4.33. The van der Waals surface area contributed by atoms with Crippen LogP contribution in [0.3, 0.4) is 0 Å². The molecule has 120 valence electrons. The molecule has 4 N–H and O–H groups in total. The van der Waals surface area contributed by atoms with Gasteiger partial charge in [0.2, 0.25) is 0 Å². The molecule has 0 aromatic rings. The number of hydrogen-bond acceptors (Lipinski definition) is 7. The van der Waals surface area contributed by atoms with Gasteiger partial charge in [-0.3, -0.25) is 0 Å². The number of ether oxygens (including phenoxy) is 1. The minimum atomic E-state index is -4.06. The van der Waals surface area contributed by atoms with Gasteiger partial charge in [0, 0.05) is 0 Å². The number of aliphatic hydroxyl groups is 1. The molecule has 0 aliphatic rings. The van der Waals surface area contributed by atoms with E-state index in [4.69, 9.17) is 13.3 Å². The lowest BCUT2D eigenvalue weighted by Crippen LogP contribution is -2.59. The van der Waals surface area contributed by atoms with Crippen molar-refractivity contribution in [2.75, 3.05) is 19.4 Å². The third kappa shape index (κ3) is 10.5. The Hall–Kier alpha value is -0.279. The van der Waals surface area contributed by atoms with Gasteiger partial charge in [-0.2, -0.15) is 0 Å². The van der Waals surface area contributed by atoms with Crippen LogP contribution in [0.15, 0.2) is 0 Å². The first kappa shape index (κ1) is 19.7. The lowest BCUT2D eigenvalue weighted by molar-refractivity contribution is 0.118. The molecule has 0 aliphatic heterocycles. The van der Waals surface area contributed by atoms with Gasteiger partial charge in [0.15, 0.2) is 8.32 Å². The molecule has 0 fully saturated rings. The Bertz CT molecular complexity index is 319. The number of hydrogen-bond donors (Lipinski definition) is 4. The van der Waals surface area contributed by atoms with Crippen molar-refractivity contribution in [2.45, 2.75) is 32.7 Å². The van der Waals surface area contributed by atoms with E-state index in [2.05, 4.69) is 10.1 Å². The summed E-state index contributed by atoms with van der Waals surface area (Å²) >= 11 is 0. The first-order valence-corrected chi connectivity index (χ1v) is 14.5. The van der Waals surface area contributed by atoms with Crippen LogP contribution in [0.5, 0.6) is 0 Å². The zero-order valence-electron chi connectivity index (χ0n) is 12.6. The molecule has 0 unspecified atom stereocenters. The number of amides is 1. The summed E-state index contributed by atoms with van der Waals surface area (Å²) < 4.78 is 15.7. The predicted octanol–water partition coefficient (Wildman–Crippen LogP) is -0.263. The largest absolute Gasteiger partial charge is 0.506 e. The second-order valence-electron chi connectivity index (χ2n) is 5.67.